The van der Waals surface area contributed by atoms with Gasteiger partial charge in [-0.15, -0.1) is 0 Å². The van der Waals surface area contributed by atoms with Crippen molar-refractivity contribution in [2.24, 2.45) is 0 Å². The summed E-state index contributed by atoms with van der Waals surface area (Å²) in [7, 11) is 0. The first-order chi connectivity index (χ1) is 12.2. The minimum Gasteiger partial charge on any atom is -0.475 e. The Morgan fingerprint density at radius 2 is 2.04 bits per heavy atom. The van der Waals surface area contributed by atoms with Crippen molar-refractivity contribution in [2.75, 3.05) is 13.2 Å². The second-order valence-electron chi connectivity index (χ2n) is 5.47. The fourth-order valence-corrected chi connectivity index (χ4v) is 2.69. The molecule has 1 atom stereocenters. The Morgan fingerprint density at radius 3 is 2.58 bits per heavy atom. The molecule has 0 aromatic carbocycles. The molecule has 2 heterocycles. The zero-order valence-electron chi connectivity index (χ0n) is 14.1. The van der Waals surface area contributed by atoms with Crippen molar-refractivity contribution >= 4 is 21.8 Å². The Bertz CT molecular complexity index is 754. The lowest BCUT2D eigenvalue weighted by molar-refractivity contribution is -0.137. The highest BCUT2D eigenvalue weighted by molar-refractivity contribution is 9.10. The number of ether oxygens (including phenoxy) is 1. The van der Waals surface area contributed by atoms with Crippen LogP contribution in [-0.4, -0.2) is 40.0 Å². The Labute approximate surface area is 157 Å². The summed E-state index contributed by atoms with van der Waals surface area (Å²) in [5.74, 6) is -0.205. The molecule has 1 amide bonds. The lowest BCUT2D eigenvalue weighted by atomic mass is 10.2. The first-order valence-corrected chi connectivity index (χ1v) is 8.60. The summed E-state index contributed by atoms with van der Waals surface area (Å²) >= 11 is 3.30. The van der Waals surface area contributed by atoms with Crippen molar-refractivity contribution in [2.45, 2.75) is 26.1 Å². The molecule has 26 heavy (non-hydrogen) atoms. The van der Waals surface area contributed by atoms with Crippen molar-refractivity contribution in [1.82, 2.24) is 14.9 Å². The number of rotatable bonds is 6. The van der Waals surface area contributed by atoms with Gasteiger partial charge in [-0.25, -0.2) is 9.97 Å². The molecule has 0 N–H and O–H groups in total. The van der Waals surface area contributed by atoms with Crippen LogP contribution in [0.5, 0.6) is 5.88 Å². The number of hydrogen-bond acceptors (Lipinski definition) is 4. The van der Waals surface area contributed by atoms with Gasteiger partial charge in [0.1, 0.15) is 12.3 Å². The molecule has 140 valence electrons. The largest absolute Gasteiger partial charge is 0.475 e. The predicted molar refractivity (Wildman–Crippen MR) is 92.8 cm³/mol. The third-order valence-corrected chi connectivity index (χ3v) is 4.27. The quantitative estimate of drug-likeness (QED) is 0.687. The minimum absolute atomic E-state index is 0.0624. The molecule has 2 aromatic heterocycles. The lowest BCUT2D eigenvalue weighted by Crippen LogP contribution is -2.42. The topological polar surface area (TPSA) is 55.3 Å². The van der Waals surface area contributed by atoms with Crippen LogP contribution in [0.4, 0.5) is 13.2 Å². The number of carbonyl (C=O) groups is 1. The summed E-state index contributed by atoms with van der Waals surface area (Å²) in [5, 5.41) is 0. The molecular formula is C17H17BrF3N3O2. The molecule has 0 radical (unpaired) electrons. The summed E-state index contributed by atoms with van der Waals surface area (Å²) < 4.78 is 43.6. The maximum absolute atomic E-state index is 12.6. The second kappa shape index (κ2) is 8.48. The lowest BCUT2D eigenvalue weighted by Gasteiger charge is -2.27. The van der Waals surface area contributed by atoms with E-state index in [9.17, 15) is 18.0 Å². The molecule has 2 aromatic rings. The van der Waals surface area contributed by atoms with Gasteiger partial charge >= 0.3 is 6.18 Å². The van der Waals surface area contributed by atoms with Gasteiger partial charge < -0.3 is 9.64 Å². The SMILES string of the molecule is CCN(C(=O)c1ncccc1Br)[C@@H](C)COc1ccc(C(F)(F)F)cn1. The van der Waals surface area contributed by atoms with Gasteiger partial charge in [-0.3, -0.25) is 4.79 Å². The summed E-state index contributed by atoms with van der Waals surface area (Å²) in [6.45, 7) is 4.11. The van der Waals surface area contributed by atoms with Gasteiger partial charge in [-0.05, 0) is 48.0 Å². The molecule has 5 nitrogen and oxygen atoms in total. The van der Waals surface area contributed by atoms with Crippen LogP contribution in [0.3, 0.4) is 0 Å². The molecule has 0 saturated carbocycles. The normalized spacial score (nSPS) is 12.5. The van der Waals surface area contributed by atoms with E-state index in [-0.39, 0.29) is 30.1 Å². The van der Waals surface area contributed by atoms with Gasteiger partial charge in [-0.2, -0.15) is 13.2 Å². The van der Waals surface area contributed by atoms with Crippen LogP contribution in [0.15, 0.2) is 41.1 Å². The van der Waals surface area contributed by atoms with E-state index < -0.39 is 11.7 Å². The number of amides is 1. The molecule has 0 aliphatic carbocycles. The Kier molecular flexibility index (Phi) is 6.57. The van der Waals surface area contributed by atoms with E-state index in [1.54, 1.807) is 24.0 Å². The summed E-state index contributed by atoms with van der Waals surface area (Å²) in [6.07, 6.45) is -2.20. The predicted octanol–water partition coefficient (Wildman–Crippen LogP) is 4.19. The van der Waals surface area contributed by atoms with Crippen LogP contribution in [-0.2, 0) is 6.18 Å². The Balaban J connectivity index is 2.02. The molecule has 9 heteroatoms. The second-order valence-corrected chi connectivity index (χ2v) is 6.32. The zero-order chi connectivity index (χ0) is 19.3. The van der Waals surface area contributed by atoms with E-state index in [0.29, 0.717) is 17.2 Å². The smallest absolute Gasteiger partial charge is 0.417 e. The number of alkyl halides is 3. The fourth-order valence-electron chi connectivity index (χ4n) is 2.26. The number of hydrogen-bond donors (Lipinski definition) is 0. The molecule has 0 fully saturated rings. The summed E-state index contributed by atoms with van der Waals surface area (Å²) in [5.41, 5.74) is -0.558. The molecule has 0 aliphatic rings. The van der Waals surface area contributed by atoms with Gasteiger partial charge in [-0.1, -0.05) is 0 Å². The maximum Gasteiger partial charge on any atom is 0.417 e. The van der Waals surface area contributed by atoms with E-state index in [4.69, 9.17) is 4.74 Å². The zero-order valence-corrected chi connectivity index (χ0v) is 15.7. The minimum atomic E-state index is -4.44. The standard InChI is InChI=1S/C17H17BrF3N3O2/c1-3-24(16(25)15-13(18)5-4-8-22-15)11(2)10-26-14-7-6-12(9-23-14)17(19,20)21/h4-9,11H,3,10H2,1-2H3/t11-/m0/s1. The van der Waals surface area contributed by atoms with Crippen molar-refractivity contribution in [3.8, 4) is 5.88 Å². The van der Waals surface area contributed by atoms with Gasteiger partial charge in [0.05, 0.1) is 11.6 Å². The summed E-state index contributed by atoms with van der Waals surface area (Å²) in [6, 6.07) is 5.16. The van der Waals surface area contributed by atoms with E-state index in [1.165, 1.54) is 6.20 Å². The first kappa shape index (κ1) is 20.2. The average molecular weight is 432 g/mol. The van der Waals surface area contributed by atoms with Crippen molar-refractivity contribution < 1.29 is 22.7 Å². The highest BCUT2D eigenvalue weighted by atomic mass is 79.9. The number of likely N-dealkylation sites (N-methyl/N-ethyl adjacent to an activating group) is 1. The van der Waals surface area contributed by atoms with Gasteiger partial charge in [0.15, 0.2) is 0 Å². The highest BCUT2D eigenvalue weighted by Crippen LogP contribution is 2.29. The van der Waals surface area contributed by atoms with Crippen LogP contribution >= 0.6 is 15.9 Å². The number of halogens is 4. The number of pyridine rings is 2. The Hall–Kier alpha value is -2.16. The van der Waals surface area contributed by atoms with E-state index in [1.807, 2.05) is 6.92 Å². The third kappa shape index (κ3) is 4.94. The van der Waals surface area contributed by atoms with Crippen LogP contribution in [0.2, 0.25) is 0 Å². The van der Waals surface area contributed by atoms with E-state index in [0.717, 1.165) is 12.1 Å². The Morgan fingerprint density at radius 1 is 1.31 bits per heavy atom. The summed E-state index contributed by atoms with van der Waals surface area (Å²) in [4.78, 5) is 21.9. The van der Waals surface area contributed by atoms with Crippen molar-refractivity contribution in [1.29, 1.82) is 0 Å². The van der Waals surface area contributed by atoms with E-state index in [2.05, 4.69) is 25.9 Å². The van der Waals surface area contributed by atoms with Crippen molar-refractivity contribution in [3.63, 3.8) is 0 Å². The van der Waals surface area contributed by atoms with Gasteiger partial charge in [0.2, 0.25) is 5.88 Å². The fraction of sp³-hybridized carbons (Fsp3) is 0.353. The molecule has 0 spiro atoms. The van der Waals surface area contributed by atoms with Crippen molar-refractivity contribution in [3.05, 3.63) is 52.4 Å². The molecular weight excluding hydrogens is 415 g/mol. The third-order valence-electron chi connectivity index (χ3n) is 3.63. The monoisotopic (exact) mass is 431 g/mol. The van der Waals surface area contributed by atoms with Crippen LogP contribution < -0.4 is 4.74 Å². The van der Waals surface area contributed by atoms with E-state index >= 15 is 0 Å². The number of carbonyl (C=O) groups excluding carboxylic acids is 1. The molecule has 0 bridgehead atoms. The maximum atomic E-state index is 12.6. The van der Waals surface area contributed by atoms with Gasteiger partial charge in [0.25, 0.3) is 5.91 Å². The van der Waals surface area contributed by atoms with Crippen LogP contribution in [0, 0.1) is 0 Å². The van der Waals surface area contributed by atoms with Gasteiger partial charge in [0, 0.05) is 29.5 Å². The molecule has 0 saturated heterocycles. The molecule has 0 aliphatic heterocycles. The van der Waals surface area contributed by atoms with Crippen LogP contribution in [0.1, 0.15) is 29.9 Å². The molecule has 0 unspecified atom stereocenters. The number of nitrogens with zero attached hydrogens (tertiary/aromatic N) is 3. The highest BCUT2D eigenvalue weighted by Gasteiger charge is 2.30. The average Bonchev–Trinajstić information content (AvgIpc) is 2.60. The number of aromatic nitrogens is 2. The first-order valence-electron chi connectivity index (χ1n) is 7.81. The molecule has 2 rings (SSSR count). The van der Waals surface area contributed by atoms with Crippen LogP contribution in [0.25, 0.3) is 0 Å².